The molecule has 1 aromatic rings. The van der Waals surface area contributed by atoms with Gasteiger partial charge in [-0.1, -0.05) is 31.1 Å². The van der Waals surface area contributed by atoms with Gasteiger partial charge in [0, 0.05) is 18.5 Å². The van der Waals surface area contributed by atoms with Gasteiger partial charge in [0.2, 0.25) is 0 Å². The van der Waals surface area contributed by atoms with Crippen molar-refractivity contribution in [1.29, 1.82) is 0 Å². The maximum atomic E-state index is 9.49. The summed E-state index contributed by atoms with van der Waals surface area (Å²) in [5.41, 5.74) is 1.17. The molecule has 4 heteroatoms. The summed E-state index contributed by atoms with van der Waals surface area (Å²) in [5, 5.41) is 10.6. The number of nitrogens with zero attached hydrogens (tertiary/aromatic N) is 2. The Morgan fingerprint density at radius 1 is 1.37 bits per heavy atom. The predicted molar refractivity (Wildman–Crippen MR) is 82.0 cm³/mol. The van der Waals surface area contributed by atoms with E-state index in [1.807, 2.05) is 0 Å². The van der Waals surface area contributed by atoms with Crippen molar-refractivity contribution in [1.82, 2.24) is 4.98 Å². The molecule has 108 valence electrons. The summed E-state index contributed by atoms with van der Waals surface area (Å²) in [5.74, 6) is 0.622. The summed E-state index contributed by atoms with van der Waals surface area (Å²) in [7, 11) is 0. The Kier molecular flexibility index (Phi) is 5.22. The van der Waals surface area contributed by atoms with Gasteiger partial charge in [0.25, 0.3) is 0 Å². The molecule has 3 nitrogen and oxygen atoms in total. The standard InChI is InChI=1S/C15H26N2OS/c1-4-5-6-9-17(11(2)3)15-16-14(12-7-8-12)13(10-18)19-15/h11-12,18H,4-10H2,1-3H3. The molecule has 0 bridgehead atoms. The third-order valence-electron chi connectivity index (χ3n) is 3.70. The average molecular weight is 282 g/mol. The van der Waals surface area contributed by atoms with E-state index in [9.17, 15) is 5.11 Å². The molecule has 0 unspecified atom stereocenters. The van der Waals surface area contributed by atoms with Crippen LogP contribution >= 0.6 is 11.3 Å². The van der Waals surface area contributed by atoms with E-state index >= 15 is 0 Å². The molecule has 0 atom stereocenters. The number of aromatic nitrogens is 1. The fourth-order valence-electron chi connectivity index (χ4n) is 2.37. The normalized spacial score (nSPS) is 15.2. The van der Waals surface area contributed by atoms with Gasteiger partial charge in [-0.05, 0) is 33.1 Å². The minimum atomic E-state index is 0.143. The smallest absolute Gasteiger partial charge is 0.186 e. The van der Waals surface area contributed by atoms with Crippen LogP contribution < -0.4 is 4.90 Å². The monoisotopic (exact) mass is 282 g/mol. The van der Waals surface area contributed by atoms with Gasteiger partial charge in [-0.25, -0.2) is 4.98 Å². The second kappa shape index (κ2) is 6.71. The molecule has 1 heterocycles. The molecule has 0 aliphatic heterocycles. The van der Waals surface area contributed by atoms with Crippen molar-refractivity contribution in [3.8, 4) is 0 Å². The van der Waals surface area contributed by atoms with Gasteiger partial charge in [0.05, 0.1) is 17.2 Å². The molecular formula is C15H26N2OS. The molecule has 0 spiro atoms. The number of unbranched alkanes of at least 4 members (excludes halogenated alkanes) is 2. The zero-order valence-electron chi connectivity index (χ0n) is 12.4. The minimum absolute atomic E-state index is 0.143. The Bertz CT molecular complexity index is 399. The van der Waals surface area contributed by atoms with Crippen LogP contribution in [0.1, 0.15) is 69.4 Å². The summed E-state index contributed by atoms with van der Waals surface area (Å²) >= 11 is 1.69. The Morgan fingerprint density at radius 2 is 2.11 bits per heavy atom. The molecule has 1 saturated carbocycles. The molecule has 1 N–H and O–H groups in total. The van der Waals surface area contributed by atoms with Gasteiger partial charge in [-0.3, -0.25) is 0 Å². The van der Waals surface area contributed by atoms with Crippen LogP contribution in [0.15, 0.2) is 0 Å². The summed E-state index contributed by atoms with van der Waals surface area (Å²) < 4.78 is 0. The first-order valence-electron chi connectivity index (χ1n) is 7.54. The second-order valence-corrected chi connectivity index (χ2v) is 6.79. The lowest BCUT2D eigenvalue weighted by Gasteiger charge is -2.26. The number of aliphatic hydroxyl groups excluding tert-OH is 1. The first-order chi connectivity index (χ1) is 9.17. The van der Waals surface area contributed by atoms with Gasteiger partial charge < -0.3 is 10.0 Å². The summed E-state index contributed by atoms with van der Waals surface area (Å²) in [6.45, 7) is 7.90. The van der Waals surface area contributed by atoms with E-state index in [2.05, 4.69) is 25.7 Å². The summed E-state index contributed by atoms with van der Waals surface area (Å²) in [6, 6.07) is 0.474. The first-order valence-corrected chi connectivity index (χ1v) is 8.36. The molecule has 1 aromatic heterocycles. The molecule has 0 aromatic carbocycles. The zero-order valence-corrected chi connectivity index (χ0v) is 13.2. The van der Waals surface area contributed by atoms with Crippen LogP contribution in [0.25, 0.3) is 0 Å². The molecule has 0 saturated heterocycles. The molecule has 1 aliphatic carbocycles. The third-order valence-corrected chi connectivity index (χ3v) is 4.79. The van der Waals surface area contributed by atoms with Crippen molar-refractivity contribution in [3.05, 3.63) is 10.6 Å². The zero-order chi connectivity index (χ0) is 13.8. The van der Waals surface area contributed by atoms with E-state index in [0.29, 0.717) is 12.0 Å². The highest BCUT2D eigenvalue weighted by Gasteiger charge is 2.30. The highest BCUT2D eigenvalue weighted by Crippen LogP contribution is 2.44. The molecule has 0 amide bonds. The van der Waals surface area contributed by atoms with Gasteiger partial charge in [0.15, 0.2) is 5.13 Å². The van der Waals surface area contributed by atoms with E-state index in [-0.39, 0.29) is 6.61 Å². The number of anilines is 1. The fraction of sp³-hybridized carbons (Fsp3) is 0.800. The quantitative estimate of drug-likeness (QED) is 0.734. The van der Waals surface area contributed by atoms with E-state index in [1.165, 1.54) is 37.8 Å². The van der Waals surface area contributed by atoms with Crippen LogP contribution in [0.2, 0.25) is 0 Å². The Balaban J connectivity index is 2.11. The number of hydrogen-bond acceptors (Lipinski definition) is 4. The molecule has 1 aliphatic rings. The predicted octanol–water partition coefficient (Wildman–Crippen LogP) is 3.92. The second-order valence-electron chi connectivity index (χ2n) is 5.73. The Morgan fingerprint density at radius 3 is 2.63 bits per heavy atom. The lowest BCUT2D eigenvalue weighted by Crippen LogP contribution is -2.31. The van der Waals surface area contributed by atoms with Crippen molar-refractivity contribution < 1.29 is 5.11 Å². The van der Waals surface area contributed by atoms with E-state index in [1.54, 1.807) is 11.3 Å². The number of thiazole rings is 1. The van der Waals surface area contributed by atoms with Crippen molar-refractivity contribution >= 4 is 16.5 Å². The first kappa shape index (κ1) is 14.8. The van der Waals surface area contributed by atoms with Gasteiger partial charge in [0.1, 0.15) is 0 Å². The van der Waals surface area contributed by atoms with Crippen LogP contribution in [0, 0.1) is 0 Å². The highest BCUT2D eigenvalue weighted by molar-refractivity contribution is 7.15. The molecule has 19 heavy (non-hydrogen) atoms. The van der Waals surface area contributed by atoms with Gasteiger partial charge in [-0.15, -0.1) is 0 Å². The maximum absolute atomic E-state index is 9.49. The lowest BCUT2D eigenvalue weighted by atomic mass is 10.2. The SMILES string of the molecule is CCCCCN(c1nc(C2CC2)c(CO)s1)C(C)C. The fourth-order valence-corrected chi connectivity index (χ4v) is 3.53. The lowest BCUT2D eigenvalue weighted by molar-refractivity contribution is 0.284. The van der Waals surface area contributed by atoms with Crippen molar-refractivity contribution in [2.24, 2.45) is 0 Å². The van der Waals surface area contributed by atoms with E-state index < -0.39 is 0 Å². The van der Waals surface area contributed by atoms with Crippen LogP contribution in [-0.2, 0) is 6.61 Å². The van der Waals surface area contributed by atoms with E-state index in [0.717, 1.165) is 16.6 Å². The molecular weight excluding hydrogens is 256 g/mol. The van der Waals surface area contributed by atoms with Crippen molar-refractivity contribution in [2.75, 3.05) is 11.4 Å². The molecule has 0 radical (unpaired) electrons. The van der Waals surface area contributed by atoms with Gasteiger partial charge in [-0.2, -0.15) is 0 Å². The Hall–Kier alpha value is -0.610. The van der Waals surface area contributed by atoms with Gasteiger partial charge >= 0.3 is 0 Å². The third kappa shape index (κ3) is 3.69. The van der Waals surface area contributed by atoms with Crippen LogP contribution in [0.4, 0.5) is 5.13 Å². The topological polar surface area (TPSA) is 36.4 Å². The van der Waals surface area contributed by atoms with Crippen molar-refractivity contribution in [2.45, 2.75) is 71.4 Å². The van der Waals surface area contributed by atoms with Crippen LogP contribution in [-0.4, -0.2) is 22.7 Å². The van der Waals surface area contributed by atoms with Crippen LogP contribution in [0.3, 0.4) is 0 Å². The van der Waals surface area contributed by atoms with Crippen LogP contribution in [0.5, 0.6) is 0 Å². The molecule has 1 fully saturated rings. The van der Waals surface area contributed by atoms with Crippen molar-refractivity contribution in [3.63, 3.8) is 0 Å². The summed E-state index contributed by atoms with van der Waals surface area (Å²) in [4.78, 5) is 8.30. The number of aliphatic hydroxyl groups is 1. The molecule has 2 rings (SSSR count). The largest absolute Gasteiger partial charge is 0.391 e. The number of rotatable bonds is 8. The highest BCUT2D eigenvalue weighted by atomic mass is 32.1. The minimum Gasteiger partial charge on any atom is -0.391 e. The van der Waals surface area contributed by atoms with E-state index in [4.69, 9.17) is 4.98 Å². The average Bonchev–Trinajstić information content (AvgIpc) is 3.14. The summed E-state index contributed by atoms with van der Waals surface area (Å²) in [6.07, 6.45) is 6.23. The number of hydrogen-bond donors (Lipinski definition) is 1. The Labute approximate surface area is 120 Å². The maximum Gasteiger partial charge on any atom is 0.186 e.